The topological polar surface area (TPSA) is 64.5 Å². The number of hydrogen-bond donors (Lipinski definition) is 0. The van der Waals surface area contributed by atoms with Gasteiger partial charge in [-0.1, -0.05) is 263 Å². The molecule has 18 aromatic rings. The molecule has 12 heteroatoms. The summed E-state index contributed by atoms with van der Waals surface area (Å²) in [4.78, 5) is 25.0. The number of thiophene rings is 2. The molecule has 21 rings (SSSR count). The molecule has 11 aromatic carbocycles. The Hall–Kier alpha value is -9.14. The summed E-state index contributed by atoms with van der Waals surface area (Å²) in [5.74, 6) is 0. The van der Waals surface area contributed by atoms with Crippen molar-refractivity contribution in [1.82, 2.24) is 24.9 Å². The van der Waals surface area contributed by atoms with Gasteiger partial charge in [-0.25, -0.2) is 22.7 Å². The van der Waals surface area contributed by atoms with Crippen molar-refractivity contribution >= 4 is 65.1 Å². The second-order valence-corrected chi connectivity index (χ2v) is 30.6. The van der Waals surface area contributed by atoms with Crippen molar-refractivity contribution in [3.63, 3.8) is 0 Å². The van der Waals surface area contributed by atoms with Gasteiger partial charge in [-0.15, -0.1) is 124 Å². The van der Waals surface area contributed by atoms with E-state index in [1.807, 2.05) is 127 Å². The van der Waals surface area contributed by atoms with Crippen LogP contribution in [0.25, 0.3) is 142 Å². The maximum Gasteiger partial charge on any atom is 0.0239 e. The maximum absolute atomic E-state index is 4.89. The molecule has 0 N–H and O–H groups in total. The predicted octanol–water partition coefficient (Wildman–Crippen LogP) is 26.1. The molecule has 0 saturated carbocycles. The van der Waals surface area contributed by atoms with Crippen molar-refractivity contribution < 1.29 is 101 Å². The summed E-state index contributed by atoms with van der Waals surface area (Å²) in [5.41, 5.74) is 26.7. The summed E-state index contributed by atoms with van der Waals surface area (Å²) in [7, 11) is 0. The van der Waals surface area contributed by atoms with E-state index in [0.717, 1.165) is 60.5 Å². The molecule has 0 amide bonds. The fraction of sp³-hybridized carbons (Fsp3) is 0.0900. The first-order valence-corrected chi connectivity index (χ1v) is 37.8. The smallest absolute Gasteiger partial charge is 0.0239 e. The largest absolute Gasteiger partial charge is 0.318 e. The standard InChI is InChI=1S/C35H28N.C24H18N.C15H10N.2C13H8NS.5Ir/c1-34(2)29-11-7-5-9-25(29)27-16-13-22(19-31(27)34)24-15-18-33(36-21-24)23-14-17-28-26-10-6-8-12-30(26)35(3,4)32(28)20-23;1-24(2)21-10-6-5-9-19(21)20-12-11-17(15-22(20)24)23-18-8-4-3-7-16(18)13-14-25-23;1-2-7-13(8-3-1)15-14-9-5-4-6-12(14)10-11-16-15;1-2-7-12-10(5-1)9-13(15-12)11-6-3-4-8-14-11;1-2-5-11-10(4-1)7-8-14-13(11)12-6-3-9-15-12;;;;;/h5-13,15-21H,1-4H3;3-10,12-15H,1-2H3;1-7,9-11H;1-8H;1-5,7-9H;;;;;/q5*-1;;;;;. The van der Waals surface area contributed by atoms with E-state index in [1.54, 1.807) is 22.7 Å². The van der Waals surface area contributed by atoms with Crippen LogP contribution < -0.4 is 0 Å². The van der Waals surface area contributed by atoms with Crippen molar-refractivity contribution in [2.24, 2.45) is 0 Å². The third kappa shape index (κ3) is 16.1. The van der Waals surface area contributed by atoms with E-state index in [1.165, 1.54) is 115 Å². The van der Waals surface area contributed by atoms with Gasteiger partial charge in [0.1, 0.15) is 0 Å². The van der Waals surface area contributed by atoms with Crippen molar-refractivity contribution in [3.05, 3.63) is 391 Å². The number of rotatable bonds is 6. The zero-order valence-electron chi connectivity index (χ0n) is 61.9. The summed E-state index contributed by atoms with van der Waals surface area (Å²) in [6.45, 7) is 13.9. The van der Waals surface area contributed by atoms with Gasteiger partial charge in [-0.2, -0.15) is 12.1 Å². The van der Waals surface area contributed by atoms with Crippen LogP contribution in [-0.2, 0) is 117 Å². The number of fused-ring (bicyclic) bond motifs is 13. The van der Waals surface area contributed by atoms with Crippen LogP contribution in [0, 0.1) is 30.3 Å². The Morgan fingerprint density at radius 3 is 1.31 bits per heavy atom. The fourth-order valence-electron chi connectivity index (χ4n) is 15.6. The van der Waals surface area contributed by atoms with E-state index in [0.29, 0.717) is 0 Å². The van der Waals surface area contributed by atoms with Gasteiger partial charge in [0.05, 0.1) is 0 Å². The van der Waals surface area contributed by atoms with Crippen molar-refractivity contribution in [2.75, 3.05) is 0 Å². The zero-order chi connectivity index (χ0) is 72.6. The minimum absolute atomic E-state index is 0. The average molecular weight is 2370 g/mol. The Morgan fingerprint density at radius 1 is 0.304 bits per heavy atom. The molecule has 0 unspecified atom stereocenters. The Morgan fingerprint density at radius 2 is 0.777 bits per heavy atom. The molecule has 0 atom stereocenters. The fourth-order valence-corrected chi connectivity index (χ4v) is 17.2. The number of nitrogens with zero attached hydrogens (tertiary/aromatic N) is 5. The normalized spacial score (nSPS) is 12.6. The second kappa shape index (κ2) is 35.5. The Bertz CT molecular complexity index is 6150. The van der Waals surface area contributed by atoms with Gasteiger partial charge in [-0.3, -0.25) is 0 Å². The van der Waals surface area contributed by atoms with Crippen molar-refractivity contribution in [1.29, 1.82) is 0 Å². The minimum Gasteiger partial charge on any atom is -0.318 e. The molecule has 3 aliphatic rings. The van der Waals surface area contributed by atoms with Gasteiger partial charge in [0.25, 0.3) is 0 Å². The van der Waals surface area contributed by atoms with E-state index in [-0.39, 0.29) is 117 Å². The molecule has 0 fully saturated rings. The molecule has 7 heterocycles. The molecule has 0 aliphatic heterocycles. The molecule has 112 heavy (non-hydrogen) atoms. The van der Waals surface area contributed by atoms with E-state index < -0.39 is 0 Å². The molecule has 3 aliphatic carbocycles. The van der Waals surface area contributed by atoms with Crippen LogP contribution in [0.1, 0.15) is 74.9 Å². The second-order valence-electron chi connectivity index (χ2n) is 28.6. The van der Waals surface area contributed by atoms with Gasteiger partial charge >= 0.3 is 0 Å². The SMILES string of the molecule is CC1(C)c2ccccc2-c2c[c-]c(-c3ccc(-c4ccc5c(c4)C(C)(C)c4ccccc4-5)cn3)cc21.CC1(C)c2ccccc2-c2c[c-]c(-c3nccc4ccccc34)cc21.[Ir].[Ir].[Ir].[Ir].[Ir].[c-]1c(-c2ccccn2)sc2ccccc12.[c-]1ccccc1-c1nccc2ccccc12.[c-]1ccsc1-c1nccc2ccccc12. The zero-order valence-corrected chi connectivity index (χ0v) is 75.5. The van der Waals surface area contributed by atoms with Crippen LogP contribution in [0.3, 0.4) is 0 Å². The van der Waals surface area contributed by atoms with Crippen LogP contribution in [0.15, 0.2) is 328 Å². The number of benzene rings is 11. The molecule has 5 radical (unpaired) electrons. The summed E-state index contributed by atoms with van der Waals surface area (Å²) in [6, 6.07) is 118. The quantitative estimate of drug-likeness (QED) is 0.155. The molecular weight excluding hydrogens is 2300 g/mol. The van der Waals surface area contributed by atoms with E-state index in [4.69, 9.17) is 4.98 Å². The van der Waals surface area contributed by atoms with Gasteiger partial charge in [0.15, 0.2) is 0 Å². The molecule has 0 spiro atoms. The van der Waals surface area contributed by atoms with Crippen LogP contribution >= 0.6 is 22.7 Å². The monoisotopic (exact) mass is 2370 g/mol. The number of aromatic nitrogens is 5. The third-order valence-electron chi connectivity index (χ3n) is 21.2. The first-order valence-electron chi connectivity index (χ1n) is 36.1. The van der Waals surface area contributed by atoms with E-state index in [9.17, 15) is 0 Å². The number of hydrogen-bond acceptors (Lipinski definition) is 7. The predicted molar refractivity (Wildman–Crippen MR) is 446 cm³/mol. The molecule has 7 aromatic heterocycles. The van der Waals surface area contributed by atoms with Crippen LogP contribution in [0.5, 0.6) is 0 Å². The van der Waals surface area contributed by atoms with Crippen molar-refractivity contribution in [2.45, 2.75) is 57.8 Å². The third-order valence-corrected chi connectivity index (χ3v) is 23.1. The summed E-state index contributed by atoms with van der Waals surface area (Å²) in [5, 5.41) is 10.4. The van der Waals surface area contributed by atoms with Crippen LogP contribution in [0.4, 0.5) is 0 Å². The van der Waals surface area contributed by atoms with E-state index in [2.05, 4.69) is 292 Å². The maximum atomic E-state index is 4.89. The molecule has 559 valence electrons. The Kier molecular flexibility index (Phi) is 26.1. The number of pyridine rings is 5. The van der Waals surface area contributed by atoms with Crippen LogP contribution in [0.2, 0.25) is 0 Å². The van der Waals surface area contributed by atoms with Gasteiger partial charge in [0, 0.05) is 143 Å². The van der Waals surface area contributed by atoms with Crippen molar-refractivity contribution in [3.8, 4) is 99.4 Å². The molecular formula is C100H72Ir5N5S2-5. The van der Waals surface area contributed by atoms with Crippen LogP contribution in [-0.4, -0.2) is 24.9 Å². The van der Waals surface area contributed by atoms with Gasteiger partial charge in [0.2, 0.25) is 0 Å². The van der Waals surface area contributed by atoms with Gasteiger partial charge < -0.3 is 24.9 Å². The average Bonchev–Trinajstić information content (AvgIpc) is 1.59. The first kappa shape index (κ1) is 82.3. The Labute approximate surface area is 731 Å². The first-order chi connectivity index (χ1) is 52.3. The summed E-state index contributed by atoms with van der Waals surface area (Å²) in [6.07, 6.45) is 9.41. The molecule has 0 bridgehead atoms. The Balaban J connectivity index is 0.000000135. The van der Waals surface area contributed by atoms with Gasteiger partial charge in [-0.05, 0) is 150 Å². The minimum atomic E-state index is -0.0233. The summed E-state index contributed by atoms with van der Waals surface area (Å²) >= 11 is 3.41. The summed E-state index contributed by atoms with van der Waals surface area (Å²) < 4.78 is 1.26. The molecule has 5 nitrogen and oxygen atoms in total. The molecule has 0 saturated heterocycles. The van der Waals surface area contributed by atoms with E-state index >= 15 is 0 Å².